The summed E-state index contributed by atoms with van der Waals surface area (Å²) in [7, 11) is 0. The van der Waals surface area contributed by atoms with Crippen LogP contribution in [0.5, 0.6) is 0 Å². The molecular weight excluding hydrogens is 296 g/mol. The topological polar surface area (TPSA) is 107 Å². The summed E-state index contributed by atoms with van der Waals surface area (Å²) in [6, 6.07) is 3.09. The molecule has 110 valence electrons. The lowest BCUT2D eigenvalue weighted by Gasteiger charge is -2.04. The van der Waals surface area contributed by atoms with Gasteiger partial charge in [-0.15, -0.1) is 0 Å². The standard InChI is InChI=1S/C12H12N4O4S/c17-11(2-5-15-12-13-3-1-4-14-12)20-7-9-6-10(16(18)19)21-8-9/h1,3-4,6,8H,2,5,7H2,(H,13,14,15). The Hall–Kier alpha value is -2.55. The number of thiophene rings is 1. The lowest BCUT2D eigenvalue weighted by atomic mass is 10.3. The van der Waals surface area contributed by atoms with Gasteiger partial charge >= 0.3 is 11.0 Å². The van der Waals surface area contributed by atoms with E-state index in [9.17, 15) is 14.9 Å². The fraction of sp³-hybridized carbons (Fsp3) is 0.250. The molecule has 0 bridgehead atoms. The minimum Gasteiger partial charge on any atom is -0.461 e. The van der Waals surface area contributed by atoms with Crippen molar-refractivity contribution in [3.63, 3.8) is 0 Å². The molecule has 2 aromatic rings. The number of hydrogen-bond donors (Lipinski definition) is 1. The van der Waals surface area contributed by atoms with Gasteiger partial charge in [0.05, 0.1) is 11.3 Å². The van der Waals surface area contributed by atoms with E-state index < -0.39 is 10.9 Å². The largest absolute Gasteiger partial charge is 0.461 e. The molecule has 0 amide bonds. The maximum atomic E-state index is 11.5. The van der Waals surface area contributed by atoms with E-state index in [0.717, 1.165) is 11.3 Å². The second kappa shape index (κ2) is 7.29. The molecule has 2 heterocycles. The molecule has 0 radical (unpaired) electrons. The van der Waals surface area contributed by atoms with Crippen LogP contribution in [0.25, 0.3) is 0 Å². The third kappa shape index (κ3) is 4.80. The SMILES string of the molecule is O=C(CCNc1ncccn1)OCc1csc([N+](=O)[O-])c1. The summed E-state index contributed by atoms with van der Waals surface area (Å²) in [4.78, 5) is 29.5. The molecule has 0 atom stereocenters. The van der Waals surface area contributed by atoms with E-state index in [0.29, 0.717) is 18.1 Å². The van der Waals surface area contributed by atoms with Crippen LogP contribution in [0.15, 0.2) is 29.9 Å². The zero-order valence-corrected chi connectivity index (χ0v) is 11.7. The van der Waals surface area contributed by atoms with Crippen molar-refractivity contribution >= 4 is 28.3 Å². The van der Waals surface area contributed by atoms with Crippen LogP contribution in [0, 0.1) is 10.1 Å². The van der Waals surface area contributed by atoms with E-state index in [2.05, 4.69) is 15.3 Å². The number of carbonyl (C=O) groups excluding carboxylic acids is 1. The summed E-state index contributed by atoms with van der Waals surface area (Å²) in [6.07, 6.45) is 3.35. The van der Waals surface area contributed by atoms with Crippen molar-refractivity contribution in [1.29, 1.82) is 0 Å². The molecule has 0 aliphatic rings. The number of anilines is 1. The first-order valence-corrected chi connectivity index (χ1v) is 6.91. The van der Waals surface area contributed by atoms with Gasteiger partial charge in [-0.1, -0.05) is 11.3 Å². The van der Waals surface area contributed by atoms with Gasteiger partial charge in [0.15, 0.2) is 0 Å². The normalized spacial score (nSPS) is 10.1. The van der Waals surface area contributed by atoms with Gasteiger partial charge in [0, 0.05) is 35.9 Å². The molecule has 0 saturated heterocycles. The zero-order valence-electron chi connectivity index (χ0n) is 10.9. The highest BCUT2D eigenvalue weighted by Crippen LogP contribution is 2.22. The summed E-state index contributed by atoms with van der Waals surface area (Å²) < 4.78 is 5.02. The Morgan fingerprint density at radius 3 is 2.86 bits per heavy atom. The molecule has 8 nitrogen and oxygen atoms in total. The van der Waals surface area contributed by atoms with E-state index >= 15 is 0 Å². The van der Waals surface area contributed by atoms with Gasteiger partial charge in [0.25, 0.3) is 0 Å². The molecule has 0 fully saturated rings. The fourth-order valence-corrected chi connectivity index (χ4v) is 2.15. The Kier molecular flexibility index (Phi) is 5.16. The Balaban J connectivity index is 1.68. The van der Waals surface area contributed by atoms with E-state index in [1.807, 2.05) is 0 Å². The Morgan fingerprint density at radius 1 is 1.43 bits per heavy atom. The maximum absolute atomic E-state index is 11.5. The number of rotatable bonds is 7. The lowest BCUT2D eigenvalue weighted by molar-refractivity contribution is -0.380. The van der Waals surface area contributed by atoms with E-state index in [1.54, 1.807) is 23.8 Å². The quantitative estimate of drug-likeness (QED) is 0.473. The monoisotopic (exact) mass is 308 g/mol. The average Bonchev–Trinajstić information content (AvgIpc) is 2.95. The summed E-state index contributed by atoms with van der Waals surface area (Å²) in [5.41, 5.74) is 0.611. The third-order valence-electron chi connectivity index (χ3n) is 2.40. The number of hydrogen-bond acceptors (Lipinski definition) is 8. The highest BCUT2D eigenvalue weighted by Gasteiger charge is 2.11. The van der Waals surface area contributed by atoms with Gasteiger partial charge in [-0.3, -0.25) is 14.9 Å². The fourth-order valence-electron chi connectivity index (χ4n) is 1.44. The van der Waals surface area contributed by atoms with Crippen molar-refractivity contribution in [3.05, 3.63) is 45.6 Å². The van der Waals surface area contributed by atoms with Crippen LogP contribution in [0.4, 0.5) is 10.9 Å². The summed E-state index contributed by atoms with van der Waals surface area (Å²) >= 11 is 1.01. The molecule has 0 spiro atoms. The van der Waals surface area contributed by atoms with Crippen molar-refractivity contribution in [2.24, 2.45) is 0 Å². The Bertz CT molecular complexity index is 617. The summed E-state index contributed by atoms with van der Waals surface area (Å²) in [5, 5.41) is 15.0. The summed E-state index contributed by atoms with van der Waals surface area (Å²) in [6.45, 7) is 0.387. The first-order valence-electron chi connectivity index (χ1n) is 6.03. The minimum atomic E-state index is -0.472. The van der Waals surface area contributed by atoms with Crippen molar-refractivity contribution < 1.29 is 14.5 Å². The van der Waals surface area contributed by atoms with Crippen LogP contribution in [0.2, 0.25) is 0 Å². The molecule has 0 unspecified atom stereocenters. The molecular formula is C12H12N4O4S. The van der Waals surface area contributed by atoms with Gasteiger partial charge in [-0.25, -0.2) is 9.97 Å². The van der Waals surface area contributed by atoms with Crippen LogP contribution in [-0.4, -0.2) is 27.4 Å². The smallest absolute Gasteiger partial charge is 0.324 e. The first kappa shape index (κ1) is 14.9. The highest BCUT2D eigenvalue weighted by molar-refractivity contribution is 7.13. The molecule has 0 aliphatic heterocycles. The molecule has 9 heteroatoms. The second-order valence-electron chi connectivity index (χ2n) is 3.96. The molecule has 2 aromatic heterocycles. The highest BCUT2D eigenvalue weighted by atomic mass is 32.1. The maximum Gasteiger partial charge on any atom is 0.324 e. The van der Waals surface area contributed by atoms with Crippen molar-refractivity contribution in [2.75, 3.05) is 11.9 Å². The molecule has 2 rings (SSSR count). The van der Waals surface area contributed by atoms with Crippen molar-refractivity contribution in [1.82, 2.24) is 9.97 Å². The van der Waals surface area contributed by atoms with Crippen molar-refractivity contribution in [2.45, 2.75) is 13.0 Å². The lowest BCUT2D eigenvalue weighted by Crippen LogP contribution is -2.12. The average molecular weight is 308 g/mol. The van der Waals surface area contributed by atoms with Crippen LogP contribution in [0.1, 0.15) is 12.0 Å². The van der Waals surface area contributed by atoms with Crippen LogP contribution < -0.4 is 5.32 Å². The number of carbonyl (C=O) groups is 1. The molecule has 0 aromatic carbocycles. The van der Waals surface area contributed by atoms with Gasteiger partial charge in [-0.05, 0) is 6.07 Å². The third-order valence-corrected chi connectivity index (χ3v) is 3.33. The molecule has 0 aliphatic carbocycles. The molecule has 1 N–H and O–H groups in total. The minimum absolute atomic E-state index is 0.0314. The van der Waals surface area contributed by atoms with Crippen molar-refractivity contribution in [3.8, 4) is 0 Å². The molecule has 21 heavy (non-hydrogen) atoms. The Labute approximate surface area is 124 Å². The number of nitrogens with one attached hydrogen (secondary N) is 1. The van der Waals surface area contributed by atoms with E-state index in [-0.39, 0.29) is 18.0 Å². The van der Waals surface area contributed by atoms with E-state index in [1.165, 1.54) is 6.07 Å². The number of esters is 1. The Morgan fingerprint density at radius 2 is 2.19 bits per heavy atom. The second-order valence-corrected chi connectivity index (χ2v) is 4.85. The predicted octanol–water partition coefficient (Wildman–Crippen LogP) is 1.99. The number of aromatic nitrogens is 2. The predicted molar refractivity (Wildman–Crippen MR) is 75.9 cm³/mol. The van der Waals surface area contributed by atoms with Gasteiger partial charge in [0.2, 0.25) is 5.95 Å². The van der Waals surface area contributed by atoms with Gasteiger partial charge < -0.3 is 10.1 Å². The number of ether oxygens (including phenoxy) is 1. The van der Waals surface area contributed by atoms with Crippen LogP contribution in [0.3, 0.4) is 0 Å². The summed E-state index contributed by atoms with van der Waals surface area (Å²) in [5.74, 6) is 0.0473. The van der Waals surface area contributed by atoms with Crippen LogP contribution in [-0.2, 0) is 16.1 Å². The van der Waals surface area contributed by atoms with Gasteiger partial charge in [0.1, 0.15) is 6.61 Å². The zero-order chi connectivity index (χ0) is 15.1. The molecule has 0 saturated carbocycles. The number of nitro groups is 1. The van der Waals surface area contributed by atoms with Gasteiger partial charge in [-0.2, -0.15) is 0 Å². The van der Waals surface area contributed by atoms with Crippen LogP contribution >= 0.6 is 11.3 Å². The first-order chi connectivity index (χ1) is 10.1. The van der Waals surface area contributed by atoms with E-state index in [4.69, 9.17) is 4.74 Å². The number of nitrogens with zero attached hydrogens (tertiary/aromatic N) is 3.